The number of rotatable bonds is 8. The third kappa shape index (κ3) is 6.20. The zero-order valence-electron chi connectivity index (χ0n) is 16.3. The number of benzene rings is 2. The van der Waals surface area contributed by atoms with Gasteiger partial charge in [0.1, 0.15) is 0 Å². The van der Waals surface area contributed by atoms with E-state index in [2.05, 4.69) is 43.8 Å². The van der Waals surface area contributed by atoms with Crippen LogP contribution < -0.4 is 20.1 Å². The number of aromatic nitrogens is 2. The van der Waals surface area contributed by atoms with Crippen molar-refractivity contribution < 1.29 is 9.47 Å². The summed E-state index contributed by atoms with van der Waals surface area (Å²) in [6, 6.07) is 14.1. The molecule has 0 radical (unpaired) electrons. The van der Waals surface area contributed by atoms with Gasteiger partial charge in [0.05, 0.1) is 32.6 Å². The number of hydrogen-bond donors (Lipinski definition) is 2. The van der Waals surface area contributed by atoms with Crippen LogP contribution in [0.15, 0.2) is 59.3 Å². The predicted molar refractivity (Wildman–Crippen MR) is 123 cm³/mol. The molecule has 29 heavy (non-hydrogen) atoms. The van der Waals surface area contributed by atoms with Gasteiger partial charge in [0, 0.05) is 17.2 Å². The lowest BCUT2D eigenvalue weighted by molar-refractivity contribution is 0.354. The highest BCUT2D eigenvalue weighted by atomic mass is 79.9. The minimum atomic E-state index is 0.564. The van der Waals surface area contributed by atoms with Crippen molar-refractivity contribution in [3.63, 3.8) is 0 Å². The quantitative estimate of drug-likeness (QED) is 0.476. The third-order valence-corrected chi connectivity index (χ3v) is 5.07. The van der Waals surface area contributed by atoms with Gasteiger partial charge in [0.25, 0.3) is 0 Å². The van der Waals surface area contributed by atoms with Crippen LogP contribution in [0.1, 0.15) is 11.1 Å². The maximum Gasteiger partial charge on any atom is 0.170 e. The number of nitrogens with one attached hydrogen (secondary N) is 2. The Labute approximate surface area is 184 Å². The summed E-state index contributed by atoms with van der Waals surface area (Å²) in [6.07, 6.45) is 4.51. The van der Waals surface area contributed by atoms with Gasteiger partial charge in [-0.3, -0.25) is 4.68 Å². The molecule has 0 amide bonds. The summed E-state index contributed by atoms with van der Waals surface area (Å²) in [5, 5.41) is 11.3. The molecule has 0 unspecified atom stereocenters. The first kappa shape index (κ1) is 21.1. The second-order valence-electron chi connectivity index (χ2n) is 6.37. The van der Waals surface area contributed by atoms with E-state index in [9.17, 15) is 0 Å². The van der Waals surface area contributed by atoms with Crippen molar-refractivity contribution in [1.29, 1.82) is 0 Å². The van der Waals surface area contributed by atoms with Crippen molar-refractivity contribution in [2.45, 2.75) is 13.0 Å². The van der Waals surface area contributed by atoms with Gasteiger partial charge in [-0.2, -0.15) is 5.10 Å². The smallest absolute Gasteiger partial charge is 0.170 e. The van der Waals surface area contributed by atoms with Gasteiger partial charge in [-0.15, -0.1) is 0 Å². The fourth-order valence-electron chi connectivity index (χ4n) is 2.82. The zero-order valence-corrected chi connectivity index (χ0v) is 18.7. The standard InChI is InChI=1S/C21H23BrN4O2S/c1-27-19-8-5-15(11-20(19)28-2)9-10-23-21(29)25-18-12-24-26(14-18)13-16-3-6-17(22)7-4-16/h3-8,11-12,14H,9-10,13H2,1-2H3,(H2,23,25,29). The van der Waals surface area contributed by atoms with Crippen LogP contribution in [-0.2, 0) is 13.0 Å². The van der Waals surface area contributed by atoms with Crippen LogP contribution in [0.3, 0.4) is 0 Å². The van der Waals surface area contributed by atoms with Crippen LogP contribution in [0.4, 0.5) is 5.69 Å². The molecule has 152 valence electrons. The van der Waals surface area contributed by atoms with E-state index in [1.165, 1.54) is 5.56 Å². The van der Waals surface area contributed by atoms with Crippen molar-refractivity contribution in [3.8, 4) is 11.5 Å². The molecule has 0 fully saturated rings. The van der Waals surface area contributed by atoms with Crippen molar-refractivity contribution in [3.05, 3.63) is 70.5 Å². The summed E-state index contributed by atoms with van der Waals surface area (Å²) in [4.78, 5) is 0. The maximum atomic E-state index is 5.38. The second kappa shape index (κ2) is 10.3. The van der Waals surface area contributed by atoms with Gasteiger partial charge in [-0.1, -0.05) is 34.1 Å². The molecule has 0 bridgehead atoms. The summed E-state index contributed by atoms with van der Waals surface area (Å²) < 4.78 is 13.5. The molecular weight excluding hydrogens is 452 g/mol. The molecule has 6 nitrogen and oxygen atoms in total. The lowest BCUT2D eigenvalue weighted by Crippen LogP contribution is -2.30. The molecule has 3 rings (SSSR count). The molecule has 2 aromatic carbocycles. The number of hydrogen-bond acceptors (Lipinski definition) is 4. The molecule has 0 aliphatic heterocycles. The molecule has 1 heterocycles. The highest BCUT2D eigenvalue weighted by Crippen LogP contribution is 2.27. The lowest BCUT2D eigenvalue weighted by Gasteiger charge is -2.11. The van der Waals surface area contributed by atoms with Gasteiger partial charge < -0.3 is 20.1 Å². The average molecular weight is 475 g/mol. The van der Waals surface area contributed by atoms with Crippen LogP contribution in [0.25, 0.3) is 0 Å². The molecular formula is C21H23BrN4O2S. The van der Waals surface area contributed by atoms with E-state index in [1.807, 2.05) is 41.2 Å². The molecule has 0 saturated heterocycles. The van der Waals surface area contributed by atoms with Crippen LogP contribution in [-0.4, -0.2) is 35.7 Å². The fourth-order valence-corrected chi connectivity index (χ4v) is 3.31. The number of thiocarbonyl (C=S) groups is 1. The van der Waals surface area contributed by atoms with Gasteiger partial charge in [0.2, 0.25) is 0 Å². The van der Waals surface area contributed by atoms with E-state index in [0.29, 0.717) is 18.2 Å². The van der Waals surface area contributed by atoms with E-state index in [1.54, 1.807) is 20.4 Å². The number of ether oxygens (including phenoxy) is 2. The molecule has 3 aromatic rings. The van der Waals surface area contributed by atoms with Crippen LogP contribution >= 0.6 is 28.1 Å². The Hall–Kier alpha value is -2.58. The fraction of sp³-hybridized carbons (Fsp3) is 0.238. The minimum Gasteiger partial charge on any atom is -0.493 e. The van der Waals surface area contributed by atoms with Crippen molar-refractivity contribution in [2.24, 2.45) is 0 Å². The zero-order chi connectivity index (χ0) is 20.6. The van der Waals surface area contributed by atoms with Gasteiger partial charge in [-0.25, -0.2) is 0 Å². The minimum absolute atomic E-state index is 0.564. The van der Waals surface area contributed by atoms with Crippen LogP contribution in [0.5, 0.6) is 11.5 Å². The average Bonchev–Trinajstić information content (AvgIpc) is 3.16. The SMILES string of the molecule is COc1ccc(CCNC(=S)Nc2cnn(Cc3ccc(Br)cc3)c2)cc1OC. The van der Waals surface area contributed by atoms with Crippen molar-refractivity contribution in [2.75, 3.05) is 26.1 Å². The Morgan fingerprint density at radius 2 is 1.79 bits per heavy atom. The highest BCUT2D eigenvalue weighted by Gasteiger charge is 2.06. The summed E-state index contributed by atoms with van der Waals surface area (Å²) in [7, 11) is 3.26. The third-order valence-electron chi connectivity index (χ3n) is 4.30. The summed E-state index contributed by atoms with van der Waals surface area (Å²) >= 11 is 8.83. The van der Waals surface area contributed by atoms with Gasteiger partial charge in [-0.05, 0) is 54.0 Å². The van der Waals surface area contributed by atoms with E-state index in [4.69, 9.17) is 21.7 Å². The Kier molecular flexibility index (Phi) is 7.48. The first-order valence-corrected chi connectivity index (χ1v) is 10.3. The second-order valence-corrected chi connectivity index (χ2v) is 7.70. The molecule has 0 aliphatic carbocycles. The van der Waals surface area contributed by atoms with Crippen LogP contribution in [0.2, 0.25) is 0 Å². The number of methoxy groups -OCH3 is 2. The van der Waals surface area contributed by atoms with Gasteiger partial charge >= 0.3 is 0 Å². The maximum absolute atomic E-state index is 5.38. The topological polar surface area (TPSA) is 60.3 Å². The predicted octanol–water partition coefficient (Wildman–Crippen LogP) is 4.24. The Balaban J connectivity index is 1.46. The number of halogens is 1. The largest absolute Gasteiger partial charge is 0.493 e. The molecule has 2 N–H and O–H groups in total. The first-order valence-electron chi connectivity index (χ1n) is 9.10. The van der Waals surface area contributed by atoms with E-state index in [-0.39, 0.29) is 0 Å². The molecule has 0 saturated carbocycles. The van der Waals surface area contributed by atoms with E-state index in [0.717, 1.165) is 33.6 Å². The van der Waals surface area contributed by atoms with E-state index < -0.39 is 0 Å². The Morgan fingerprint density at radius 1 is 1.07 bits per heavy atom. The number of anilines is 1. The number of nitrogens with zero attached hydrogens (tertiary/aromatic N) is 2. The lowest BCUT2D eigenvalue weighted by atomic mass is 10.1. The first-order chi connectivity index (χ1) is 14.1. The Bertz CT molecular complexity index is 960. The molecule has 0 aliphatic rings. The van der Waals surface area contributed by atoms with Crippen molar-refractivity contribution in [1.82, 2.24) is 15.1 Å². The summed E-state index contributed by atoms with van der Waals surface area (Å²) in [5.41, 5.74) is 3.17. The molecule has 0 atom stereocenters. The molecule has 8 heteroatoms. The summed E-state index contributed by atoms with van der Waals surface area (Å²) in [6.45, 7) is 1.41. The highest BCUT2D eigenvalue weighted by molar-refractivity contribution is 9.10. The Morgan fingerprint density at radius 3 is 2.52 bits per heavy atom. The monoisotopic (exact) mass is 474 g/mol. The molecule has 0 spiro atoms. The summed E-state index contributed by atoms with van der Waals surface area (Å²) in [5.74, 6) is 1.45. The molecule has 1 aromatic heterocycles. The van der Waals surface area contributed by atoms with Crippen LogP contribution in [0, 0.1) is 0 Å². The van der Waals surface area contributed by atoms with Crippen molar-refractivity contribution >= 4 is 38.9 Å². The normalized spacial score (nSPS) is 10.4. The van der Waals surface area contributed by atoms with Gasteiger partial charge in [0.15, 0.2) is 16.6 Å². The van der Waals surface area contributed by atoms with E-state index >= 15 is 0 Å².